The van der Waals surface area contributed by atoms with E-state index < -0.39 is 15.9 Å². The molecule has 0 fully saturated rings. The van der Waals surface area contributed by atoms with Gasteiger partial charge in [0, 0.05) is 17.3 Å². The second-order valence-electron chi connectivity index (χ2n) is 7.58. The fourth-order valence-electron chi connectivity index (χ4n) is 3.10. The number of halogens is 1. The van der Waals surface area contributed by atoms with Crippen LogP contribution in [0.15, 0.2) is 71.6 Å². The second kappa shape index (κ2) is 9.64. The first kappa shape index (κ1) is 23.0. The summed E-state index contributed by atoms with van der Waals surface area (Å²) in [5.41, 5.74) is 4.23. The van der Waals surface area contributed by atoms with Crippen molar-refractivity contribution >= 4 is 33.2 Å². The van der Waals surface area contributed by atoms with Crippen molar-refractivity contribution in [3.8, 4) is 0 Å². The van der Waals surface area contributed by atoms with Crippen LogP contribution in [0.1, 0.15) is 22.3 Å². The molecule has 3 rings (SSSR count). The van der Waals surface area contributed by atoms with Gasteiger partial charge in [0.15, 0.2) is 0 Å². The van der Waals surface area contributed by atoms with Crippen LogP contribution >= 0.6 is 11.6 Å². The molecule has 0 aliphatic heterocycles. The Morgan fingerprint density at radius 1 is 0.903 bits per heavy atom. The first-order valence-electron chi connectivity index (χ1n) is 9.83. The minimum absolute atomic E-state index is 0.0868. The lowest BCUT2D eigenvalue weighted by molar-refractivity contribution is -0.116. The Balaban J connectivity index is 1.88. The first-order valence-corrected chi connectivity index (χ1v) is 11.7. The third kappa shape index (κ3) is 5.94. The van der Waals surface area contributed by atoms with Crippen LogP contribution in [0.5, 0.6) is 0 Å². The van der Waals surface area contributed by atoms with Crippen molar-refractivity contribution in [2.45, 2.75) is 32.2 Å². The van der Waals surface area contributed by atoms with Gasteiger partial charge in [0.05, 0.1) is 11.4 Å². The van der Waals surface area contributed by atoms with Crippen molar-refractivity contribution < 1.29 is 13.2 Å². The van der Waals surface area contributed by atoms with Crippen molar-refractivity contribution in [3.63, 3.8) is 0 Å². The van der Waals surface area contributed by atoms with Crippen LogP contribution in [0, 0.1) is 20.8 Å². The minimum Gasteiger partial charge on any atom is -0.325 e. The van der Waals surface area contributed by atoms with Crippen molar-refractivity contribution in [1.82, 2.24) is 4.31 Å². The summed E-state index contributed by atoms with van der Waals surface area (Å²) in [5.74, 6) is -0.423. The summed E-state index contributed by atoms with van der Waals surface area (Å²) >= 11 is 5.98. The summed E-state index contributed by atoms with van der Waals surface area (Å²) in [7, 11) is -3.88. The molecule has 0 spiro atoms. The van der Waals surface area contributed by atoms with Gasteiger partial charge in [-0.2, -0.15) is 4.31 Å². The van der Waals surface area contributed by atoms with Gasteiger partial charge >= 0.3 is 0 Å². The van der Waals surface area contributed by atoms with E-state index in [0.717, 1.165) is 22.3 Å². The highest BCUT2D eigenvalue weighted by atomic mass is 35.5. The molecule has 7 heteroatoms. The lowest BCUT2D eigenvalue weighted by Gasteiger charge is -2.22. The van der Waals surface area contributed by atoms with E-state index >= 15 is 0 Å². The third-order valence-corrected chi connectivity index (χ3v) is 6.96. The fourth-order valence-corrected chi connectivity index (χ4v) is 4.71. The van der Waals surface area contributed by atoms with Crippen molar-refractivity contribution in [3.05, 3.63) is 94.0 Å². The summed E-state index contributed by atoms with van der Waals surface area (Å²) in [5, 5.41) is 3.36. The predicted molar refractivity (Wildman–Crippen MR) is 125 cm³/mol. The van der Waals surface area contributed by atoms with Gasteiger partial charge in [0.1, 0.15) is 0 Å². The molecule has 0 aliphatic rings. The Morgan fingerprint density at radius 2 is 1.48 bits per heavy atom. The topological polar surface area (TPSA) is 66.5 Å². The highest BCUT2D eigenvalue weighted by Gasteiger charge is 2.27. The molecule has 162 valence electrons. The number of aryl methyl sites for hydroxylation is 3. The van der Waals surface area contributed by atoms with Crippen LogP contribution in [0.4, 0.5) is 5.69 Å². The van der Waals surface area contributed by atoms with Gasteiger partial charge in [-0.15, -0.1) is 0 Å². The van der Waals surface area contributed by atoms with Crippen LogP contribution in [-0.4, -0.2) is 25.2 Å². The maximum Gasteiger partial charge on any atom is 0.243 e. The van der Waals surface area contributed by atoms with Gasteiger partial charge in [-0.25, -0.2) is 8.42 Å². The third-order valence-electron chi connectivity index (χ3n) is 4.92. The van der Waals surface area contributed by atoms with Crippen molar-refractivity contribution in [2.24, 2.45) is 0 Å². The molecule has 5 nitrogen and oxygen atoms in total. The summed E-state index contributed by atoms with van der Waals surface area (Å²) in [6.07, 6.45) is 0. The number of benzene rings is 3. The number of nitrogens with one attached hydrogen (secondary N) is 1. The Bertz CT molecular complexity index is 1170. The largest absolute Gasteiger partial charge is 0.325 e. The molecule has 3 aromatic carbocycles. The molecule has 1 amide bonds. The zero-order valence-corrected chi connectivity index (χ0v) is 19.3. The van der Waals surface area contributed by atoms with Gasteiger partial charge < -0.3 is 5.32 Å². The Kier molecular flexibility index (Phi) is 7.15. The van der Waals surface area contributed by atoms with Crippen molar-refractivity contribution in [1.29, 1.82) is 0 Å². The molecule has 0 saturated carbocycles. The molecule has 0 radical (unpaired) electrons. The van der Waals surface area contributed by atoms with E-state index in [4.69, 9.17) is 11.6 Å². The number of hydrogen-bond donors (Lipinski definition) is 1. The van der Waals surface area contributed by atoms with E-state index in [9.17, 15) is 13.2 Å². The van der Waals surface area contributed by atoms with Gasteiger partial charge in [-0.3, -0.25) is 4.79 Å². The number of sulfonamides is 1. The van der Waals surface area contributed by atoms with Gasteiger partial charge in [-0.1, -0.05) is 59.1 Å². The first-order chi connectivity index (χ1) is 14.6. The molecule has 0 unspecified atom stereocenters. The molecule has 31 heavy (non-hydrogen) atoms. The Hall–Kier alpha value is -2.67. The summed E-state index contributed by atoms with van der Waals surface area (Å²) in [6, 6.07) is 19.3. The smallest absolute Gasteiger partial charge is 0.243 e. The lowest BCUT2D eigenvalue weighted by atomic mass is 10.1. The van der Waals surface area contributed by atoms with Crippen LogP contribution < -0.4 is 5.32 Å². The molecular formula is C24H25ClN2O3S. The van der Waals surface area contributed by atoms with Crippen LogP contribution in [0.3, 0.4) is 0 Å². The lowest BCUT2D eigenvalue weighted by Crippen LogP contribution is -2.37. The van der Waals surface area contributed by atoms with Gasteiger partial charge in [0.2, 0.25) is 15.9 Å². The Morgan fingerprint density at radius 3 is 2.06 bits per heavy atom. The van der Waals surface area contributed by atoms with E-state index in [-0.39, 0.29) is 18.0 Å². The quantitative estimate of drug-likeness (QED) is 0.538. The molecule has 3 aromatic rings. The molecule has 0 saturated heterocycles. The molecule has 0 bridgehead atoms. The highest BCUT2D eigenvalue weighted by Crippen LogP contribution is 2.22. The summed E-state index contributed by atoms with van der Waals surface area (Å²) in [6.45, 7) is 5.46. The number of anilines is 1. The van der Waals surface area contributed by atoms with Gasteiger partial charge in [0.25, 0.3) is 0 Å². The van der Waals surface area contributed by atoms with Crippen molar-refractivity contribution in [2.75, 3.05) is 11.9 Å². The number of nitrogens with zero attached hydrogens (tertiary/aromatic N) is 1. The molecule has 1 N–H and O–H groups in total. The van der Waals surface area contributed by atoms with Crippen LogP contribution in [0.25, 0.3) is 0 Å². The summed E-state index contributed by atoms with van der Waals surface area (Å²) in [4.78, 5) is 12.9. The van der Waals surface area contributed by atoms with Gasteiger partial charge in [-0.05, 0) is 62.2 Å². The minimum atomic E-state index is -3.88. The maximum absolute atomic E-state index is 13.3. The molecular weight excluding hydrogens is 432 g/mol. The SMILES string of the molecule is Cc1ccc(CN(CC(=O)Nc2ccc(Cl)cc2C)S(=O)(=O)c2ccc(C)cc2)cc1. The zero-order chi connectivity index (χ0) is 22.6. The number of rotatable bonds is 7. The zero-order valence-electron chi connectivity index (χ0n) is 17.7. The average molecular weight is 457 g/mol. The van der Waals surface area contributed by atoms with Crippen LogP contribution in [-0.2, 0) is 21.4 Å². The molecule has 0 aromatic heterocycles. The molecule has 0 atom stereocenters. The normalized spacial score (nSPS) is 11.5. The Labute approximate surface area is 188 Å². The number of amides is 1. The fraction of sp³-hybridized carbons (Fsp3) is 0.208. The number of hydrogen-bond acceptors (Lipinski definition) is 3. The standard InChI is InChI=1S/C24H25ClN2O3S/c1-17-4-8-20(9-5-17)15-27(31(29,30)22-11-6-18(2)7-12-22)16-24(28)26-23-13-10-21(25)14-19(23)3/h4-14H,15-16H2,1-3H3,(H,26,28). The predicted octanol–water partition coefficient (Wildman–Crippen LogP) is 5.09. The van der Waals surface area contributed by atoms with Crippen LogP contribution in [0.2, 0.25) is 5.02 Å². The van der Waals surface area contributed by atoms with E-state index in [1.54, 1.807) is 42.5 Å². The van der Waals surface area contributed by atoms with E-state index in [1.165, 1.54) is 4.31 Å². The summed E-state index contributed by atoms with van der Waals surface area (Å²) < 4.78 is 27.9. The highest BCUT2D eigenvalue weighted by molar-refractivity contribution is 7.89. The molecule has 0 aliphatic carbocycles. The average Bonchev–Trinajstić information content (AvgIpc) is 2.71. The van der Waals surface area contributed by atoms with E-state index in [1.807, 2.05) is 45.0 Å². The number of carbonyl (C=O) groups is 1. The molecule has 0 heterocycles. The van der Waals surface area contributed by atoms with E-state index in [0.29, 0.717) is 10.7 Å². The number of carbonyl (C=O) groups excluding carboxylic acids is 1. The van der Waals surface area contributed by atoms with E-state index in [2.05, 4.69) is 5.32 Å². The maximum atomic E-state index is 13.3. The monoisotopic (exact) mass is 456 g/mol. The second-order valence-corrected chi connectivity index (χ2v) is 9.95.